The summed E-state index contributed by atoms with van der Waals surface area (Å²) in [5, 5.41) is 2.95. The van der Waals surface area contributed by atoms with E-state index in [4.69, 9.17) is 0 Å². The van der Waals surface area contributed by atoms with Gasteiger partial charge in [-0.25, -0.2) is 14.4 Å². The first-order valence-electron chi connectivity index (χ1n) is 8.62. The van der Waals surface area contributed by atoms with Gasteiger partial charge in [0.15, 0.2) is 0 Å². The Kier molecular flexibility index (Phi) is 5.26. The topological polar surface area (TPSA) is 58.1 Å². The third-order valence-electron chi connectivity index (χ3n) is 4.53. The van der Waals surface area contributed by atoms with Crippen LogP contribution in [-0.4, -0.2) is 35.5 Å². The summed E-state index contributed by atoms with van der Waals surface area (Å²) in [6.45, 7) is 6.38. The summed E-state index contributed by atoms with van der Waals surface area (Å²) in [7, 11) is 0. The van der Waals surface area contributed by atoms with E-state index in [9.17, 15) is 9.18 Å². The highest BCUT2D eigenvalue weighted by molar-refractivity contribution is 5.94. The van der Waals surface area contributed by atoms with E-state index in [1.165, 1.54) is 24.3 Å². The first-order chi connectivity index (χ1) is 12.0. The molecular weight excluding hydrogens is 319 g/mol. The van der Waals surface area contributed by atoms with Crippen molar-refractivity contribution in [1.29, 1.82) is 0 Å². The molecule has 2 heterocycles. The Labute approximate surface area is 147 Å². The predicted molar refractivity (Wildman–Crippen MR) is 95.2 cm³/mol. The van der Waals surface area contributed by atoms with Crippen molar-refractivity contribution in [2.24, 2.45) is 5.92 Å². The lowest BCUT2D eigenvalue weighted by Gasteiger charge is -2.32. The van der Waals surface area contributed by atoms with E-state index in [0.717, 1.165) is 43.3 Å². The molecule has 1 amide bonds. The van der Waals surface area contributed by atoms with Crippen molar-refractivity contribution < 1.29 is 9.18 Å². The van der Waals surface area contributed by atoms with Gasteiger partial charge in [0.05, 0.1) is 0 Å². The number of nitrogens with one attached hydrogen (secondary N) is 1. The summed E-state index contributed by atoms with van der Waals surface area (Å²) < 4.78 is 12.9. The molecule has 1 saturated heterocycles. The second kappa shape index (κ2) is 7.59. The number of nitrogens with zero attached hydrogens (tertiary/aromatic N) is 3. The smallest absolute Gasteiger partial charge is 0.251 e. The van der Waals surface area contributed by atoms with Crippen molar-refractivity contribution in [3.63, 3.8) is 0 Å². The van der Waals surface area contributed by atoms with Gasteiger partial charge in [-0.2, -0.15) is 0 Å². The van der Waals surface area contributed by atoms with Gasteiger partial charge in [0.25, 0.3) is 5.91 Å². The summed E-state index contributed by atoms with van der Waals surface area (Å²) in [6, 6.07) is 7.59. The molecule has 0 radical (unpaired) electrons. The maximum absolute atomic E-state index is 12.9. The molecule has 0 atom stereocenters. The maximum atomic E-state index is 12.9. The van der Waals surface area contributed by atoms with Crippen molar-refractivity contribution in [2.45, 2.75) is 26.7 Å². The minimum Gasteiger partial charge on any atom is -0.352 e. The molecule has 3 rings (SSSR count). The molecule has 1 aromatic heterocycles. The number of anilines is 1. The molecule has 0 aliphatic carbocycles. The van der Waals surface area contributed by atoms with Crippen LogP contribution in [0.5, 0.6) is 0 Å². The summed E-state index contributed by atoms with van der Waals surface area (Å²) in [5.74, 6) is 0.746. The van der Waals surface area contributed by atoms with Crippen LogP contribution in [0.25, 0.3) is 0 Å². The van der Waals surface area contributed by atoms with Crippen LogP contribution >= 0.6 is 0 Å². The van der Waals surface area contributed by atoms with Gasteiger partial charge in [0, 0.05) is 36.6 Å². The fourth-order valence-corrected chi connectivity index (χ4v) is 3.13. The van der Waals surface area contributed by atoms with Crippen LogP contribution in [0.2, 0.25) is 0 Å². The average Bonchev–Trinajstić information content (AvgIpc) is 2.60. The Balaban J connectivity index is 1.49. The minimum absolute atomic E-state index is 0.153. The van der Waals surface area contributed by atoms with E-state index in [-0.39, 0.29) is 11.7 Å². The number of piperidine rings is 1. The standard InChI is InChI=1S/C19H23FN4O/c1-13-11-14(2)23-19(22-13)24-9-7-15(8-10-24)12-21-18(25)16-3-5-17(20)6-4-16/h3-6,11,15H,7-10,12H2,1-2H3,(H,21,25). The zero-order valence-corrected chi connectivity index (χ0v) is 14.6. The zero-order chi connectivity index (χ0) is 17.8. The van der Waals surface area contributed by atoms with Crippen molar-refractivity contribution in [3.05, 3.63) is 53.1 Å². The molecule has 1 aliphatic rings. The van der Waals surface area contributed by atoms with E-state index in [1.54, 1.807) is 0 Å². The molecule has 25 heavy (non-hydrogen) atoms. The van der Waals surface area contributed by atoms with Crippen LogP contribution in [0, 0.1) is 25.6 Å². The predicted octanol–water partition coefficient (Wildman–Crippen LogP) is 2.88. The molecule has 1 aliphatic heterocycles. The van der Waals surface area contributed by atoms with Crippen LogP contribution in [0.1, 0.15) is 34.6 Å². The lowest BCUT2D eigenvalue weighted by atomic mass is 9.97. The highest BCUT2D eigenvalue weighted by Gasteiger charge is 2.22. The molecular formula is C19H23FN4O. The van der Waals surface area contributed by atoms with Crippen molar-refractivity contribution in [1.82, 2.24) is 15.3 Å². The molecule has 6 heteroatoms. The second-order valence-corrected chi connectivity index (χ2v) is 6.60. The van der Waals surface area contributed by atoms with Gasteiger partial charge in [-0.1, -0.05) is 0 Å². The fraction of sp³-hybridized carbons (Fsp3) is 0.421. The molecule has 1 fully saturated rings. The van der Waals surface area contributed by atoms with Gasteiger partial charge in [-0.15, -0.1) is 0 Å². The summed E-state index contributed by atoms with van der Waals surface area (Å²) >= 11 is 0. The highest BCUT2D eigenvalue weighted by Crippen LogP contribution is 2.21. The van der Waals surface area contributed by atoms with Crippen LogP contribution in [0.3, 0.4) is 0 Å². The maximum Gasteiger partial charge on any atom is 0.251 e. The molecule has 0 unspecified atom stereocenters. The number of halogens is 1. The summed E-state index contributed by atoms with van der Waals surface area (Å²) in [4.78, 5) is 23.3. The second-order valence-electron chi connectivity index (χ2n) is 6.60. The summed E-state index contributed by atoms with van der Waals surface area (Å²) in [6.07, 6.45) is 1.97. The van der Waals surface area contributed by atoms with Crippen LogP contribution in [0.4, 0.5) is 10.3 Å². The normalized spacial score (nSPS) is 15.2. The number of rotatable bonds is 4. The van der Waals surface area contributed by atoms with Gasteiger partial charge in [-0.3, -0.25) is 4.79 Å². The van der Waals surface area contributed by atoms with E-state index >= 15 is 0 Å². The van der Waals surface area contributed by atoms with Crippen molar-refractivity contribution in [3.8, 4) is 0 Å². The van der Waals surface area contributed by atoms with Gasteiger partial charge in [0.2, 0.25) is 5.95 Å². The number of benzene rings is 1. The summed E-state index contributed by atoms with van der Waals surface area (Å²) in [5.41, 5.74) is 2.45. The number of hydrogen-bond acceptors (Lipinski definition) is 4. The van der Waals surface area contributed by atoms with Gasteiger partial charge in [0.1, 0.15) is 5.82 Å². The number of aromatic nitrogens is 2. The minimum atomic E-state index is -0.336. The van der Waals surface area contributed by atoms with E-state index in [1.807, 2.05) is 19.9 Å². The Hall–Kier alpha value is -2.50. The Morgan fingerprint density at radius 1 is 1.16 bits per heavy atom. The lowest BCUT2D eigenvalue weighted by Crippen LogP contribution is -2.39. The third-order valence-corrected chi connectivity index (χ3v) is 4.53. The SMILES string of the molecule is Cc1cc(C)nc(N2CCC(CNC(=O)c3ccc(F)cc3)CC2)n1. The quantitative estimate of drug-likeness (QED) is 0.928. The van der Waals surface area contributed by atoms with Gasteiger partial charge >= 0.3 is 0 Å². The number of aryl methyl sites for hydroxylation is 2. The largest absolute Gasteiger partial charge is 0.352 e. The fourth-order valence-electron chi connectivity index (χ4n) is 3.13. The molecule has 2 aromatic rings. The van der Waals surface area contributed by atoms with Crippen LogP contribution in [0.15, 0.2) is 30.3 Å². The first kappa shape index (κ1) is 17.3. The Bertz CT molecular complexity index is 719. The van der Waals surface area contributed by atoms with Gasteiger partial charge < -0.3 is 10.2 Å². The molecule has 0 saturated carbocycles. The van der Waals surface area contributed by atoms with E-state index < -0.39 is 0 Å². The number of hydrogen-bond donors (Lipinski definition) is 1. The number of carbonyl (C=O) groups is 1. The van der Waals surface area contributed by atoms with Gasteiger partial charge in [-0.05, 0) is 62.9 Å². The Morgan fingerprint density at radius 3 is 2.36 bits per heavy atom. The molecule has 1 aromatic carbocycles. The number of carbonyl (C=O) groups excluding carboxylic acids is 1. The Morgan fingerprint density at radius 2 is 1.76 bits per heavy atom. The lowest BCUT2D eigenvalue weighted by molar-refractivity contribution is 0.0945. The monoisotopic (exact) mass is 342 g/mol. The molecule has 5 nitrogen and oxygen atoms in total. The first-order valence-corrected chi connectivity index (χ1v) is 8.62. The highest BCUT2D eigenvalue weighted by atomic mass is 19.1. The van der Waals surface area contributed by atoms with Crippen molar-refractivity contribution >= 4 is 11.9 Å². The van der Waals surface area contributed by atoms with E-state index in [2.05, 4.69) is 20.2 Å². The third kappa shape index (κ3) is 4.53. The van der Waals surface area contributed by atoms with E-state index in [0.29, 0.717) is 18.0 Å². The molecule has 132 valence electrons. The molecule has 0 spiro atoms. The molecule has 0 bridgehead atoms. The molecule has 1 N–H and O–H groups in total. The average molecular weight is 342 g/mol. The van der Waals surface area contributed by atoms with Crippen molar-refractivity contribution in [2.75, 3.05) is 24.5 Å². The zero-order valence-electron chi connectivity index (χ0n) is 14.6. The van der Waals surface area contributed by atoms with Crippen LogP contribution in [-0.2, 0) is 0 Å². The number of amides is 1. The van der Waals surface area contributed by atoms with Crippen LogP contribution < -0.4 is 10.2 Å².